The normalized spacial score (nSPS) is 15.1. The Labute approximate surface area is 126 Å². The van der Waals surface area contributed by atoms with Crippen molar-refractivity contribution in [2.45, 2.75) is 31.7 Å². The zero-order chi connectivity index (χ0) is 13.2. The summed E-state index contributed by atoms with van der Waals surface area (Å²) in [6.07, 6.45) is 4.89. The Morgan fingerprint density at radius 2 is 1.90 bits per heavy atom. The third-order valence-corrected chi connectivity index (χ3v) is 4.18. The summed E-state index contributed by atoms with van der Waals surface area (Å²) in [4.78, 5) is 4.43. The summed E-state index contributed by atoms with van der Waals surface area (Å²) in [6.45, 7) is 0. The quantitative estimate of drug-likeness (QED) is 0.874. The van der Waals surface area contributed by atoms with Crippen LogP contribution in [0.4, 0.5) is 13.9 Å². The largest absolute Gasteiger partial charge is 0.359 e. The third-order valence-electron chi connectivity index (χ3n) is 3.40. The van der Waals surface area contributed by atoms with Gasteiger partial charge >= 0.3 is 0 Å². The Morgan fingerprint density at radius 3 is 2.60 bits per heavy atom. The summed E-state index contributed by atoms with van der Waals surface area (Å²) in [5, 5.41) is 6.11. The van der Waals surface area contributed by atoms with Crippen molar-refractivity contribution in [3.63, 3.8) is 0 Å². The monoisotopic (exact) mass is 316 g/mol. The van der Waals surface area contributed by atoms with Crippen LogP contribution in [0.5, 0.6) is 0 Å². The minimum absolute atomic E-state index is 0. The number of rotatable bonds is 3. The molecule has 0 amide bonds. The zero-order valence-electron chi connectivity index (χ0n) is 10.7. The molecule has 108 valence electrons. The lowest BCUT2D eigenvalue weighted by molar-refractivity contribution is 0.509. The SMILES string of the molecule is Cl.Fc1ccc(-c2csc(NC3CCCC3)n2)cc1F. The molecule has 0 spiro atoms. The predicted octanol–water partition coefficient (Wildman–Crippen LogP) is 4.86. The van der Waals surface area contributed by atoms with Gasteiger partial charge in [-0.3, -0.25) is 0 Å². The van der Waals surface area contributed by atoms with Crippen molar-refractivity contribution in [2.75, 3.05) is 5.32 Å². The first-order valence-corrected chi connectivity index (χ1v) is 7.28. The van der Waals surface area contributed by atoms with E-state index in [0.29, 0.717) is 17.3 Å². The Morgan fingerprint density at radius 1 is 1.15 bits per heavy atom. The Kier molecular flexibility index (Phi) is 4.94. The lowest BCUT2D eigenvalue weighted by Gasteiger charge is -2.09. The zero-order valence-corrected chi connectivity index (χ0v) is 12.4. The van der Waals surface area contributed by atoms with Crippen molar-refractivity contribution >= 4 is 28.9 Å². The van der Waals surface area contributed by atoms with Crippen LogP contribution >= 0.6 is 23.7 Å². The van der Waals surface area contributed by atoms with Gasteiger partial charge < -0.3 is 5.32 Å². The second-order valence-corrected chi connectivity index (χ2v) is 5.65. The fourth-order valence-corrected chi connectivity index (χ4v) is 3.17. The second-order valence-electron chi connectivity index (χ2n) is 4.79. The summed E-state index contributed by atoms with van der Waals surface area (Å²) in [6, 6.07) is 4.37. The van der Waals surface area contributed by atoms with Gasteiger partial charge in [0.15, 0.2) is 16.8 Å². The summed E-state index contributed by atoms with van der Waals surface area (Å²) >= 11 is 1.50. The molecule has 0 atom stereocenters. The number of halogens is 3. The summed E-state index contributed by atoms with van der Waals surface area (Å²) in [7, 11) is 0. The van der Waals surface area contributed by atoms with Gasteiger partial charge in [0.1, 0.15) is 0 Å². The predicted molar refractivity (Wildman–Crippen MR) is 80.6 cm³/mol. The van der Waals surface area contributed by atoms with Crippen LogP contribution in [0.3, 0.4) is 0 Å². The van der Waals surface area contributed by atoms with Gasteiger partial charge in [0.25, 0.3) is 0 Å². The minimum Gasteiger partial charge on any atom is -0.359 e. The van der Waals surface area contributed by atoms with Crippen molar-refractivity contribution in [2.24, 2.45) is 0 Å². The fraction of sp³-hybridized carbons (Fsp3) is 0.357. The van der Waals surface area contributed by atoms with Crippen LogP contribution in [0.15, 0.2) is 23.6 Å². The molecule has 1 aliphatic carbocycles. The second kappa shape index (κ2) is 6.50. The van der Waals surface area contributed by atoms with Gasteiger partial charge in [0.05, 0.1) is 5.69 Å². The maximum absolute atomic E-state index is 13.2. The van der Waals surface area contributed by atoms with Gasteiger partial charge in [0.2, 0.25) is 0 Å². The molecule has 2 aromatic rings. The molecule has 6 heteroatoms. The maximum atomic E-state index is 13.2. The summed E-state index contributed by atoms with van der Waals surface area (Å²) in [5.41, 5.74) is 1.29. The fourth-order valence-electron chi connectivity index (χ4n) is 2.37. The highest BCUT2D eigenvalue weighted by Gasteiger charge is 2.16. The molecule has 0 saturated heterocycles. The van der Waals surface area contributed by atoms with Gasteiger partial charge in [-0.1, -0.05) is 12.8 Å². The first-order valence-electron chi connectivity index (χ1n) is 6.40. The van der Waals surface area contributed by atoms with E-state index in [9.17, 15) is 8.78 Å². The van der Waals surface area contributed by atoms with Gasteiger partial charge in [-0.15, -0.1) is 23.7 Å². The van der Waals surface area contributed by atoms with Gasteiger partial charge in [0, 0.05) is 17.0 Å². The standard InChI is InChI=1S/C14H14F2N2S.ClH/c15-11-6-5-9(7-12(11)16)13-8-19-14(18-13)17-10-3-1-2-4-10;/h5-8,10H,1-4H2,(H,17,18);1H. The molecule has 1 heterocycles. The number of nitrogens with zero attached hydrogens (tertiary/aromatic N) is 1. The van der Waals surface area contributed by atoms with Crippen molar-refractivity contribution in [1.82, 2.24) is 4.98 Å². The smallest absolute Gasteiger partial charge is 0.183 e. The van der Waals surface area contributed by atoms with E-state index in [1.165, 1.54) is 43.1 Å². The third kappa shape index (κ3) is 3.27. The van der Waals surface area contributed by atoms with E-state index in [1.807, 2.05) is 5.38 Å². The number of aromatic nitrogens is 1. The summed E-state index contributed by atoms with van der Waals surface area (Å²) < 4.78 is 26.1. The highest BCUT2D eigenvalue weighted by Crippen LogP contribution is 2.28. The molecule has 1 aromatic carbocycles. The first-order chi connectivity index (χ1) is 9.22. The molecule has 0 radical (unpaired) electrons. The minimum atomic E-state index is -0.837. The summed E-state index contributed by atoms with van der Waals surface area (Å²) in [5.74, 6) is -1.67. The van der Waals surface area contributed by atoms with Crippen LogP contribution in [0.2, 0.25) is 0 Å². The van der Waals surface area contributed by atoms with E-state index >= 15 is 0 Å². The molecule has 2 nitrogen and oxygen atoms in total. The molecular weight excluding hydrogens is 302 g/mol. The van der Waals surface area contributed by atoms with Crippen molar-refractivity contribution < 1.29 is 8.78 Å². The highest BCUT2D eigenvalue weighted by molar-refractivity contribution is 7.14. The number of hydrogen-bond donors (Lipinski definition) is 1. The number of anilines is 1. The topological polar surface area (TPSA) is 24.9 Å². The van der Waals surface area contributed by atoms with E-state index in [2.05, 4.69) is 10.3 Å². The molecule has 1 aromatic heterocycles. The van der Waals surface area contributed by atoms with Crippen LogP contribution in [0, 0.1) is 11.6 Å². The molecule has 0 aliphatic heterocycles. The molecular formula is C14H15ClF2N2S. The number of thiazole rings is 1. The van der Waals surface area contributed by atoms with E-state index < -0.39 is 11.6 Å². The van der Waals surface area contributed by atoms with Crippen LogP contribution < -0.4 is 5.32 Å². The lowest BCUT2D eigenvalue weighted by atomic mass is 10.2. The van der Waals surface area contributed by atoms with E-state index in [0.717, 1.165) is 11.2 Å². The Bertz CT molecular complexity index is 582. The van der Waals surface area contributed by atoms with Crippen LogP contribution in [-0.4, -0.2) is 11.0 Å². The molecule has 1 saturated carbocycles. The van der Waals surface area contributed by atoms with Crippen LogP contribution in [0.1, 0.15) is 25.7 Å². The number of nitrogens with one attached hydrogen (secondary N) is 1. The highest BCUT2D eigenvalue weighted by atomic mass is 35.5. The molecule has 1 N–H and O–H groups in total. The maximum Gasteiger partial charge on any atom is 0.183 e. The van der Waals surface area contributed by atoms with Crippen LogP contribution in [0.25, 0.3) is 11.3 Å². The van der Waals surface area contributed by atoms with E-state index in [4.69, 9.17) is 0 Å². The van der Waals surface area contributed by atoms with Crippen molar-refractivity contribution in [3.05, 3.63) is 35.2 Å². The van der Waals surface area contributed by atoms with E-state index in [-0.39, 0.29) is 12.4 Å². The molecule has 0 bridgehead atoms. The molecule has 3 rings (SSSR count). The van der Waals surface area contributed by atoms with Crippen molar-refractivity contribution in [3.8, 4) is 11.3 Å². The van der Waals surface area contributed by atoms with Gasteiger partial charge in [-0.2, -0.15) is 0 Å². The van der Waals surface area contributed by atoms with E-state index in [1.54, 1.807) is 6.07 Å². The Balaban J connectivity index is 0.00000147. The molecule has 1 aliphatic rings. The number of benzene rings is 1. The van der Waals surface area contributed by atoms with Crippen molar-refractivity contribution in [1.29, 1.82) is 0 Å². The van der Waals surface area contributed by atoms with Crippen LogP contribution in [-0.2, 0) is 0 Å². The first kappa shape index (κ1) is 15.2. The number of hydrogen-bond acceptors (Lipinski definition) is 3. The van der Waals surface area contributed by atoms with Gasteiger partial charge in [-0.25, -0.2) is 13.8 Å². The molecule has 0 unspecified atom stereocenters. The Hall–Kier alpha value is -1.20. The molecule has 20 heavy (non-hydrogen) atoms. The lowest BCUT2D eigenvalue weighted by Crippen LogP contribution is -2.13. The van der Waals surface area contributed by atoms with Gasteiger partial charge in [-0.05, 0) is 31.0 Å². The average molecular weight is 317 g/mol. The molecule has 1 fully saturated rings. The average Bonchev–Trinajstić information content (AvgIpc) is 3.05.